The molecule has 0 aliphatic carbocycles. The summed E-state index contributed by atoms with van der Waals surface area (Å²) in [5.41, 5.74) is 0.209. The smallest absolute Gasteiger partial charge is 0.310 e. The van der Waals surface area contributed by atoms with E-state index < -0.39 is 35.9 Å². The van der Waals surface area contributed by atoms with Crippen molar-refractivity contribution in [2.45, 2.75) is 28.7 Å². The summed E-state index contributed by atoms with van der Waals surface area (Å²) in [6, 6.07) is 5.81. The van der Waals surface area contributed by atoms with Crippen LogP contribution in [0, 0.1) is 5.82 Å². The third-order valence-electron chi connectivity index (χ3n) is 4.64. The molecule has 0 spiro atoms. The van der Waals surface area contributed by atoms with Crippen molar-refractivity contribution in [1.29, 1.82) is 0 Å². The van der Waals surface area contributed by atoms with Gasteiger partial charge in [0, 0.05) is 29.3 Å². The van der Waals surface area contributed by atoms with Crippen molar-refractivity contribution in [2.75, 3.05) is 18.4 Å². The van der Waals surface area contributed by atoms with Crippen LogP contribution in [0.5, 0.6) is 0 Å². The number of hydrogen-bond acceptors (Lipinski definition) is 3. The van der Waals surface area contributed by atoms with Gasteiger partial charge in [-0.1, -0.05) is 35.4 Å². The summed E-state index contributed by atoms with van der Waals surface area (Å²) >= 11 is 3.06. The molecule has 1 heterocycles. The Morgan fingerprint density at radius 1 is 0.967 bits per heavy atom. The number of rotatable bonds is 5. The van der Waals surface area contributed by atoms with Crippen LogP contribution >= 0.6 is 26.2 Å². The predicted octanol–water partition coefficient (Wildman–Crippen LogP) is 6.51. The van der Waals surface area contributed by atoms with E-state index in [0.717, 1.165) is 22.5 Å². The second-order valence-corrected chi connectivity index (χ2v) is 12.1. The van der Waals surface area contributed by atoms with Crippen LogP contribution < -0.4 is 5.32 Å². The third-order valence-corrected chi connectivity index (χ3v) is 8.22. The summed E-state index contributed by atoms with van der Waals surface area (Å²) in [5, 5.41) is 2.91. The fraction of sp³-hybridized carbons (Fsp3) is 0.294. The van der Waals surface area contributed by atoms with Gasteiger partial charge in [0.15, 0.2) is 0 Å². The highest BCUT2D eigenvalue weighted by molar-refractivity contribution is 9.10. The number of sulfonamides is 1. The zero-order valence-electron chi connectivity index (χ0n) is 15.2. The van der Waals surface area contributed by atoms with Crippen molar-refractivity contribution >= 4 is 41.9 Å². The van der Waals surface area contributed by atoms with Gasteiger partial charge in [-0.05, 0) is 55.3 Å². The predicted molar refractivity (Wildman–Crippen MR) is 107 cm³/mol. The van der Waals surface area contributed by atoms with Gasteiger partial charge in [0.05, 0.1) is 0 Å². The number of hydrogen-bond donors (Lipinski definition) is 1. The first-order valence-electron chi connectivity index (χ1n) is 8.62. The molecule has 1 aliphatic rings. The zero-order chi connectivity index (χ0) is 22.4. The number of anilines is 1. The standard InChI is InChI=1S/C17H17BrF6N2O2S2/c18-12-1-6-17(16(19)11-12)29(27,28)26-9-7-14(8-10-26)25-13-2-4-15(5-3-13)30(20,21,22,23)24/h1-6,11,14,25H,7-10H2. The van der Waals surface area contributed by atoms with Gasteiger partial charge in [0.1, 0.15) is 15.6 Å². The maximum Gasteiger partial charge on any atom is 0.310 e. The van der Waals surface area contributed by atoms with Gasteiger partial charge >= 0.3 is 10.2 Å². The summed E-state index contributed by atoms with van der Waals surface area (Å²) in [4.78, 5) is -2.42. The second-order valence-electron chi connectivity index (χ2n) is 6.89. The number of nitrogens with zero attached hydrogens (tertiary/aromatic N) is 1. The van der Waals surface area contributed by atoms with E-state index in [0.29, 0.717) is 29.4 Å². The van der Waals surface area contributed by atoms with E-state index in [1.54, 1.807) is 0 Å². The van der Waals surface area contributed by atoms with E-state index in [2.05, 4.69) is 21.2 Å². The molecule has 0 aromatic heterocycles. The molecule has 0 radical (unpaired) electrons. The number of halogens is 7. The van der Waals surface area contributed by atoms with Crippen molar-refractivity contribution < 1.29 is 32.2 Å². The van der Waals surface area contributed by atoms with Crippen LogP contribution in [0.3, 0.4) is 0 Å². The Bertz CT molecular complexity index is 1060. The van der Waals surface area contributed by atoms with E-state index in [-0.39, 0.29) is 24.8 Å². The maximum absolute atomic E-state index is 14.1. The van der Waals surface area contributed by atoms with Gasteiger partial charge in [0.25, 0.3) is 0 Å². The van der Waals surface area contributed by atoms with E-state index in [4.69, 9.17) is 0 Å². The van der Waals surface area contributed by atoms with Crippen LogP contribution in [0.2, 0.25) is 0 Å². The largest absolute Gasteiger partial charge is 0.382 e. The van der Waals surface area contributed by atoms with Crippen LogP contribution in [0.15, 0.2) is 56.7 Å². The minimum absolute atomic E-state index is 0.0685. The molecular formula is C17H17BrF6N2O2S2. The highest BCUT2D eigenvalue weighted by atomic mass is 79.9. The Morgan fingerprint density at radius 2 is 1.53 bits per heavy atom. The van der Waals surface area contributed by atoms with Gasteiger partial charge in [-0.15, -0.1) is 0 Å². The van der Waals surface area contributed by atoms with Crippen molar-refractivity contribution in [2.24, 2.45) is 0 Å². The lowest BCUT2D eigenvalue weighted by Gasteiger charge is -2.40. The van der Waals surface area contributed by atoms with E-state index in [1.165, 1.54) is 12.1 Å². The molecule has 13 heteroatoms. The van der Waals surface area contributed by atoms with Crippen LogP contribution in [-0.2, 0) is 10.0 Å². The Balaban J connectivity index is 1.65. The topological polar surface area (TPSA) is 49.4 Å². The summed E-state index contributed by atoms with van der Waals surface area (Å²) < 4.78 is 105. The first-order valence-corrected chi connectivity index (χ1v) is 12.8. The maximum atomic E-state index is 14.1. The SMILES string of the molecule is O=S(=O)(c1ccc(Br)cc1F)N1CCC(Nc2ccc(S(F)(F)(F)(F)F)cc2)CC1. The van der Waals surface area contributed by atoms with E-state index in [9.17, 15) is 32.2 Å². The molecule has 0 unspecified atom stereocenters. The summed E-state index contributed by atoms with van der Waals surface area (Å²) in [7, 11) is -13.8. The summed E-state index contributed by atoms with van der Waals surface area (Å²) in [5.74, 6) is -0.881. The molecule has 1 saturated heterocycles. The molecule has 168 valence electrons. The Morgan fingerprint density at radius 3 is 2.03 bits per heavy atom. The minimum Gasteiger partial charge on any atom is -0.382 e. The van der Waals surface area contributed by atoms with E-state index >= 15 is 0 Å². The van der Waals surface area contributed by atoms with Gasteiger partial charge in [0.2, 0.25) is 10.0 Å². The molecule has 1 aliphatic heterocycles. The average molecular weight is 539 g/mol. The summed E-state index contributed by atoms with van der Waals surface area (Å²) in [6.07, 6.45) is 0.612. The van der Waals surface area contributed by atoms with Gasteiger partial charge in [-0.25, -0.2) is 12.8 Å². The van der Waals surface area contributed by atoms with Crippen LogP contribution in [0.1, 0.15) is 12.8 Å². The normalized spacial score (nSPS) is 19.2. The number of nitrogens with one attached hydrogen (secondary N) is 1. The monoisotopic (exact) mass is 538 g/mol. The van der Waals surface area contributed by atoms with Crippen LogP contribution in [-0.4, -0.2) is 31.9 Å². The molecule has 1 fully saturated rings. The molecule has 0 bridgehead atoms. The molecule has 0 atom stereocenters. The van der Waals surface area contributed by atoms with E-state index in [1.807, 2.05) is 0 Å². The molecule has 0 saturated carbocycles. The lowest BCUT2D eigenvalue weighted by Crippen LogP contribution is -2.42. The van der Waals surface area contributed by atoms with Gasteiger partial charge in [-0.3, -0.25) is 0 Å². The van der Waals surface area contributed by atoms with Crippen molar-refractivity contribution in [1.82, 2.24) is 4.31 Å². The molecule has 4 nitrogen and oxygen atoms in total. The van der Waals surface area contributed by atoms with Gasteiger partial charge < -0.3 is 5.32 Å². The van der Waals surface area contributed by atoms with Gasteiger partial charge in [-0.2, -0.15) is 4.31 Å². The molecule has 1 N–H and O–H groups in total. The molecule has 2 aromatic carbocycles. The zero-order valence-corrected chi connectivity index (χ0v) is 18.4. The summed E-state index contributed by atoms with van der Waals surface area (Å²) in [6.45, 7) is 0.137. The second kappa shape index (κ2) is 7.04. The fourth-order valence-electron chi connectivity index (χ4n) is 3.11. The number of piperidine rings is 1. The number of benzene rings is 2. The van der Waals surface area contributed by atoms with Crippen molar-refractivity contribution in [3.63, 3.8) is 0 Å². The Hall–Kier alpha value is -1.44. The first kappa shape index (κ1) is 23.2. The first-order chi connectivity index (χ1) is 13.6. The highest BCUT2D eigenvalue weighted by Gasteiger charge is 2.65. The average Bonchev–Trinajstić information content (AvgIpc) is 2.60. The lowest BCUT2D eigenvalue weighted by molar-refractivity contribution is 0.328. The Kier molecular flexibility index (Phi) is 5.45. The van der Waals surface area contributed by atoms with Crippen LogP contribution in [0.25, 0.3) is 0 Å². The Labute approximate surface area is 178 Å². The lowest BCUT2D eigenvalue weighted by atomic mass is 10.1. The highest BCUT2D eigenvalue weighted by Crippen LogP contribution is 3.02. The molecule has 3 rings (SSSR count). The third kappa shape index (κ3) is 5.24. The molecule has 0 amide bonds. The molecule has 30 heavy (non-hydrogen) atoms. The van der Waals surface area contributed by atoms with Crippen LogP contribution in [0.4, 0.5) is 29.5 Å². The van der Waals surface area contributed by atoms with Crippen molar-refractivity contribution in [3.05, 3.63) is 52.8 Å². The fourth-order valence-corrected chi connectivity index (χ4v) is 5.61. The molecular weight excluding hydrogens is 522 g/mol. The van der Waals surface area contributed by atoms with Crippen molar-refractivity contribution in [3.8, 4) is 0 Å². The quantitative estimate of drug-likeness (QED) is 0.441. The molecule has 2 aromatic rings. The minimum atomic E-state index is -9.72.